The normalized spacial score (nSPS) is 17.4. The lowest BCUT2D eigenvalue weighted by molar-refractivity contribution is -0.150. The topological polar surface area (TPSA) is 65.7 Å². The van der Waals surface area contributed by atoms with Crippen molar-refractivity contribution in [1.29, 1.82) is 0 Å². The maximum absolute atomic E-state index is 12.8. The van der Waals surface area contributed by atoms with Crippen LogP contribution < -0.4 is 10.2 Å². The molecule has 0 amide bonds. The highest BCUT2D eigenvalue weighted by Gasteiger charge is 2.45. The van der Waals surface area contributed by atoms with E-state index in [0.29, 0.717) is 39.7 Å². The SMILES string of the molecule is C=C1CC(COc2ccc3c(=O)c4ccccc4oc3c2)(c2ccc(-c3ccccc3)cc2)OC1=O. The van der Waals surface area contributed by atoms with Gasteiger partial charge in [-0.05, 0) is 41.0 Å². The number of rotatable bonds is 5. The van der Waals surface area contributed by atoms with Crippen molar-refractivity contribution in [3.63, 3.8) is 0 Å². The molecule has 6 rings (SSSR count). The second-order valence-corrected chi connectivity index (χ2v) is 8.98. The molecule has 0 spiro atoms. The molecule has 2 heterocycles. The van der Waals surface area contributed by atoms with Gasteiger partial charge in [-0.15, -0.1) is 0 Å². The molecule has 36 heavy (non-hydrogen) atoms. The smallest absolute Gasteiger partial charge is 0.334 e. The number of ether oxygens (including phenoxy) is 2. The number of para-hydroxylation sites is 1. The Morgan fingerprint density at radius 1 is 0.778 bits per heavy atom. The van der Waals surface area contributed by atoms with Gasteiger partial charge < -0.3 is 13.9 Å². The lowest BCUT2D eigenvalue weighted by atomic mass is 9.89. The minimum atomic E-state index is -0.997. The lowest BCUT2D eigenvalue weighted by Gasteiger charge is -2.28. The van der Waals surface area contributed by atoms with Gasteiger partial charge in [0.05, 0.1) is 10.8 Å². The van der Waals surface area contributed by atoms with Crippen LogP contribution in [0.3, 0.4) is 0 Å². The van der Waals surface area contributed by atoms with Crippen LogP contribution in [0.25, 0.3) is 33.1 Å². The first kappa shape index (κ1) is 21.9. The average molecular weight is 475 g/mol. The van der Waals surface area contributed by atoms with Gasteiger partial charge in [0.25, 0.3) is 0 Å². The molecule has 0 bridgehead atoms. The molecule has 1 aromatic heterocycles. The number of esters is 1. The molecule has 1 saturated heterocycles. The molecule has 1 fully saturated rings. The molecule has 0 aliphatic carbocycles. The number of hydrogen-bond acceptors (Lipinski definition) is 5. The second-order valence-electron chi connectivity index (χ2n) is 8.98. The molecule has 5 aromatic rings. The summed E-state index contributed by atoms with van der Waals surface area (Å²) in [5.74, 6) is 0.0801. The predicted molar refractivity (Wildman–Crippen MR) is 139 cm³/mol. The van der Waals surface area contributed by atoms with Gasteiger partial charge in [-0.3, -0.25) is 4.79 Å². The van der Waals surface area contributed by atoms with Crippen LogP contribution in [-0.4, -0.2) is 12.6 Å². The zero-order chi connectivity index (χ0) is 24.7. The van der Waals surface area contributed by atoms with E-state index in [-0.39, 0.29) is 12.0 Å². The van der Waals surface area contributed by atoms with E-state index in [1.54, 1.807) is 30.3 Å². The van der Waals surface area contributed by atoms with Crippen LogP contribution in [0.4, 0.5) is 0 Å². The van der Waals surface area contributed by atoms with Gasteiger partial charge in [0, 0.05) is 18.1 Å². The molecule has 1 aliphatic rings. The molecular formula is C31H22O5. The van der Waals surface area contributed by atoms with E-state index in [2.05, 4.69) is 6.58 Å². The molecule has 1 aliphatic heterocycles. The number of carbonyl (C=O) groups is 1. The highest BCUT2D eigenvalue weighted by Crippen LogP contribution is 2.40. The van der Waals surface area contributed by atoms with Gasteiger partial charge in [0.1, 0.15) is 23.5 Å². The summed E-state index contributed by atoms with van der Waals surface area (Å²) in [6, 6.07) is 30.3. The van der Waals surface area contributed by atoms with Crippen molar-refractivity contribution < 1.29 is 18.7 Å². The Morgan fingerprint density at radius 2 is 1.47 bits per heavy atom. The molecule has 0 saturated carbocycles. The first-order chi connectivity index (χ1) is 17.5. The predicted octanol–water partition coefficient (Wildman–Crippen LogP) is 6.39. The molecule has 5 nitrogen and oxygen atoms in total. The molecule has 0 N–H and O–H groups in total. The number of carbonyl (C=O) groups excluding carboxylic acids is 1. The third kappa shape index (κ3) is 3.75. The molecule has 5 heteroatoms. The zero-order valence-corrected chi connectivity index (χ0v) is 19.4. The average Bonchev–Trinajstić information content (AvgIpc) is 3.22. The molecule has 176 valence electrons. The van der Waals surface area contributed by atoms with E-state index in [1.165, 1.54) is 0 Å². The van der Waals surface area contributed by atoms with Gasteiger partial charge in [0.15, 0.2) is 5.60 Å². The van der Waals surface area contributed by atoms with Crippen molar-refractivity contribution in [1.82, 2.24) is 0 Å². The Hall–Kier alpha value is -4.64. The Balaban J connectivity index is 1.32. The van der Waals surface area contributed by atoms with Crippen LogP contribution in [0.15, 0.2) is 118 Å². The maximum atomic E-state index is 12.8. The highest BCUT2D eigenvalue weighted by atomic mass is 16.6. The van der Waals surface area contributed by atoms with E-state index in [1.807, 2.05) is 66.7 Å². The molecule has 4 aromatic carbocycles. The fraction of sp³-hybridized carbons (Fsp3) is 0.0968. The van der Waals surface area contributed by atoms with Crippen molar-refractivity contribution in [3.05, 3.63) is 125 Å². The summed E-state index contributed by atoms with van der Waals surface area (Å²) in [4.78, 5) is 25.2. The van der Waals surface area contributed by atoms with Gasteiger partial charge in [-0.25, -0.2) is 4.79 Å². The van der Waals surface area contributed by atoms with Crippen LogP contribution in [0.2, 0.25) is 0 Å². The quantitative estimate of drug-likeness (QED) is 0.168. The van der Waals surface area contributed by atoms with Crippen LogP contribution in [0, 0.1) is 0 Å². The minimum absolute atomic E-state index is 0.0885. The molecule has 0 radical (unpaired) electrons. The third-order valence-electron chi connectivity index (χ3n) is 6.62. The van der Waals surface area contributed by atoms with Gasteiger partial charge in [-0.2, -0.15) is 0 Å². The van der Waals surface area contributed by atoms with Crippen molar-refractivity contribution in [3.8, 4) is 16.9 Å². The van der Waals surface area contributed by atoms with Crippen molar-refractivity contribution in [2.24, 2.45) is 0 Å². The minimum Gasteiger partial charge on any atom is -0.489 e. The van der Waals surface area contributed by atoms with E-state index >= 15 is 0 Å². The summed E-state index contributed by atoms with van der Waals surface area (Å²) in [6.07, 6.45) is 0.323. The van der Waals surface area contributed by atoms with Crippen molar-refractivity contribution in [2.75, 3.05) is 6.61 Å². The van der Waals surface area contributed by atoms with Crippen molar-refractivity contribution in [2.45, 2.75) is 12.0 Å². The third-order valence-corrected chi connectivity index (χ3v) is 6.62. The fourth-order valence-corrected chi connectivity index (χ4v) is 4.70. The van der Waals surface area contributed by atoms with E-state index in [9.17, 15) is 9.59 Å². The number of cyclic esters (lactones) is 1. The van der Waals surface area contributed by atoms with Gasteiger partial charge in [0.2, 0.25) is 5.43 Å². The Morgan fingerprint density at radius 3 is 2.22 bits per heavy atom. The van der Waals surface area contributed by atoms with Crippen molar-refractivity contribution >= 4 is 27.9 Å². The van der Waals surface area contributed by atoms with Crippen LogP contribution in [0.5, 0.6) is 5.75 Å². The van der Waals surface area contributed by atoms with E-state index < -0.39 is 11.6 Å². The van der Waals surface area contributed by atoms with Crippen LogP contribution in [-0.2, 0) is 15.1 Å². The molecular weight excluding hydrogens is 452 g/mol. The Bertz CT molecular complexity index is 1660. The first-order valence-electron chi connectivity index (χ1n) is 11.7. The Labute approximate surface area is 207 Å². The van der Waals surface area contributed by atoms with Crippen LogP contribution in [0.1, 0.15) is 12.0 Å². The number of hydrogen-bond donors (Lipinski definition) is 0. The summed E-state index contributed by atoms with van der Waals surface area (Å²) in [6.45, 7) is 3.96. The molecule has 1 atom stereocenters. The lowest BCUT2D eigenvalue weighted by Crippen LogP contribution is -2.33. The summed E-state index contributed by atoms with van der Waals surface area (Å²) >= 11 is 0. The maximum Gasteiger partial charge on any atom is 0.334 e. The fourth-order valence-electron chi connectivity index (χ4n) is 4.70. The first-order valence-corrected chi connectivity index (χ1v) is 11.7. The molecule has 1 unspecified atom stereocenters. The number of benzene rings is 4. The van der Waals surface area contributed by atoms with Gasteiger partial charge in [-0.1, -0.05) is 73.3 Å². The summed E-state index contributed by atoms with van der Waals surface area (Å²) < 4.78 is 17.9. The van der Waals surface area contributed by atoms with E-state index in [4.69, 9.17) is 13.9 Å². The van der Waals surface area contributed by atoms with E-state index in [0.717, 1.165) is 16.7 Å². The summed E-state index contributed by atoms with van der Waals surface area (Å²) in [5.41, 5.74) is 3.27. The van der Waals surface area contributed by atoms with Crippen LogP contribution >= 0.6 is 0 Å². The standard InChI is InChI=1S/C31H22O5/c1-20-18-31(36-30(20)33,23-13-11-22(12-14-23)21-7-3-2-4-8-21)19-34-24-15-16-26-28(17-24)35-27-10-6-5-9-25(27)29(26)32/h2-17H,1,18-19H2. The summed E-state index contributed by atoms with van der Waals surface area (Å²) in [5, 5.41) is 1.01. The van der Waals surface area contributed by atoms with Gasteiger partial charge >= 0.3 is 5.97 Å². The largest absolute Gasteiger partial charge is 0.489 e. The Kier molecular flexibility index (Phi) is 5.19. The monoisotopic (exact) mass is 474 g/mol. The highest BCUT2D eigenvalue weighted by molar-refractivity contribution is 5.91. The number of fused-ring (bicyclic) bond motifs is 2. The zero-order valence-electron chi connectivity index (χ0n) is 19.4. The summed E-state index contributed by atoms with van der Waals surface area (Å²) in [7, 11) is 0. The second kappa shape index (κ2) is 8.54.